The van der Waals surface area contributed by atoms with E-state index in [1.54, 1.807) is 0 Å². The first-order valence-electron chi connectivity index (χ1n) is 8.56. The molecule has 1 atom stereocenters. The third-order valence-electron chi connectivity index (χ3n) is 5.09. The van der Waals surface area contributed by atoms with Gasteiger partial charge < -0.3 is 15.4 Å². The van der Waals surface area contributed by atoms with E-state index in [4.69, 9.17) is 16.3 Å². The van der Waals surface area contributed by atoms with Crippen molar-refractivity contribution in [2.24, 2.45) is 0 Å². The molecule has 1 aliphatic carbocycles. The third-order valence-corrected chi connectivity index (χ3v) is 5.34. The predicted molar refractivity (Wildman–Crippen MR) is 91.8 cm³/mol. The first-order valence-corrected chi connectivity index (χ1v) is 8.94. The van der Waals surface area contributed by atoms with Gasteiger partial charge in [0.2, 0.25) is 5.91 Å². The fourth-order valence-corrected chi connectivity index (χ4v) is 3.83. The zero-order valence-corrected chi connectivity index (χ0v) is 14.2. The number of hydrogen-bond acceptors (Lipinski definition) is 3. The summed E-state index contributed by atoms with van der Waals surface area (Å²) >= 11 is 6.03. The van der Waals surface area contributed by atoms with Gasteiger partial charge in [-0.1, -0.05) is 43.0 Å². The summed E-state index contributed by atoms with van der Waals surface area (Å²) in [7, 11) is 0. The molecule has 4 nitrogen and oxygen atoms in total. The van der Waals surface area contributed by atoms with Crippen LogP contribution in [-0.2, 0) is 14.9 Å². The molecule has 0 bridgehead atoms. The van der Waals surface area contributed by atoms with Crippen molar-refractivity contribution >= 4 is 17.5 Å². The van der Waals surface area contributed by atoms with Gasteiger partial charge in [-0.05, 0) is 30.5 Å². The predicted octanol–water partition coefficient (Wildman–Crippen LogP) is 2.65. The number of hydrogen-bond donors (Lipinski definition) is 2. The van der Waals surface area contributed by atoms with Gasteiger partial charge >= 0.3 is 0 Å². The van der Waals surface area contributed by atoms with Gasteiger partial charge in [-0.3, -0.25) is 4.79 Å². The second kappa shape index (κ2) is 7.65. The van der Waals surface area contributed by atoms with Gasteiger partial charge in [0, 0.05) is 30.1 Å². The Balaban J connectivity index is 1.69. The number of carbonyl (C=O) groups excluding carboxylic acids is 1. The zero-order chi connectivity index (χ0) is 16.1. The molecule has 126 valence electrons. The van der Waals surface area contributed by atoms with Crippen LogP contribution in [0.3, 0.4) is 0 Å². The molecule has 1 heterocycles. The standard InChI is InChI=1S/C18H25ClN2O2/c19-15-6-4-14(5-7-15)18(8-2-1-3-9-18)13-21-17(22)16-12-20-10-11-23-16/h4-7,16,20H,1-3,8-13H2,(H,21,22). The molecule has 1 amide bonds. The Morgan fingerprint density at radius 3 is 2.65 bits per heavy atom. The maximum Gasteiger partial charge on any atom is 0.250 e. The number of benzene rings is 1. The molecule has 1 saturated carbocycles. The molecule has 1 aliphatic heterocycles. The van der Waals surface area contributed by atoms with E-state index in [1.807, 2.05) is 12.1 Å². The van der Waals surface area contributed by atoms with Crippen LogP contribution >= 0.6 is 11.6 Å². The largest absolute Gasteiger partial charge is 0.366 e. The maximum absolute atomic E-state index is 12.4. The Morgan fingerprint density at radius 2 is 2.00 bits per heavy atom. The lowest BCUT2D eigenvalue weighted by molar-refractivity contribution is -0.134. The molecule has 23 heavy (non-hydrogen) atoms. The van der Waals surface area contributed by atoms with E-state index in [1.165, 1.54) is 24.8 Å². The Bertz CT molecular complexity index is 520. The van der Waals surface area contributed by atoms with Crippen LogP contribution in [0.25, 0.3) is 0 Å². The summed E-state index contributed by atoms with van der Waals surface area (Å²) in [4.78, 5) is 12.4. The van der Waals surface area contributed by atoms with E-state index < -0.39 is 0 Å². The number of amides is 1. The monoisotopic (exact) mass is 336 g/mol. The number of carbonyl (C=O) groups is 1. The van der Waals surface area contributed by atoms with E-state index in [2.05, 4.69) is 22.8 Å². The summed E-state index contributed by atoms with van der Waals surface area (Å²) in [5.41, 5.74) is 1.31. The summed E-state index contributed by atoms with van der Waals surface area (Å²) < 4.78 is 5.54. The SMILES string of the molecule is O=C(NCC1(c2ccc(Cl)cc2)CCCCC1)C1CNCCO1. The molecule has 0 radical (unpaired) electrons. The van der Waals surface area contributed by atoms with Gasteiger partial charge in [0.1, 0.15) is 6.10 Å². The Morgan fingerprint density at radius 1 is 1.26 bits per heavy atom. The van der Waals surface area contributed by atoms with Gasteiger partial charge in [-0.2, -0.15) is 0 Å². The molecule has 5 heteroatoms. The van der Waals surface area contributed by atoms with Crippen molar-refractivity contribution in [3.8, 4) is 0 Å². The van der Waals surface area contributed by atoms with Crippen molar-refractivity contribution in [2.75, 3.05) is 26.2 Å². The molecule has 1 aromatic carbocycles. The summed E-state index contributed by atoms with van der Waals surface area (Å²) in [6, 6.07) is 8.11. The fourth-order valence-electron chi connectivity index (χ4n) is 3.70. The number of nitrogens with one attached hydrogen (secondary N) is 2. The first kappa shape index (κ1) is 16.7. The lowest BCUT2D eigenvalue weighted by Gasteiger charge is -2.38. The number of morpholine rings is 1. The van der Waals surface area contributed by atoms with Gasteiger partial charge in [-0.25, -0.2) is 0 Å². The lowest BCUT2D eigenvalue weighted by atomic mass is 9.69. The van der Waals surface area contributed by atoms with Crippen molar-refractivity contribution in [3.63, 3.8) is 0 Å². The highest BCUT2D eigenvalue weighted by Crippen LogP contribution is 2.39. The van der Waals surface area contributed by atoms with Crippen LogP contribution in [0.1, 0.15) is 37.7 Å². The topological polar surface area (TPSA) is 50.4 Å². The van der Waals surface area contributed by atoms with Gasteiger partial charge in [0.05, 0.1) is 6.61 Å². The quantitative estimate of drug-likeness (QED) is 0.888. The Hall–Kier alpha value is -1.10. The second-order valence-electron chi connectivity index (χ2n) is 6.63. The molecule has 2 aliphatic rings. The third kappa shape index (κ3) is 4.06. The molecule has 1 aromatic rings. The smallest absolute Gasteiger partial charge is 0.250 e. The van der Waals surface area contributed by atoms with Crippen molar-refractivity contribution in [3.05, 3.63) is 34.9 Å². The molecular weight excluding hydrogens is 312 g/mol. The normalized spacial score (nSPS) is 24.1. The fraction of sp³-hybridized carbons (Fsp3) is 0.611. The molecule has 1 saturated heterocycles. The van der Waals surface area contributed by atoms with Crippen molar-refractivity contribution in [1.29, 1.82) is 0 Å². The van der Waals surface area contributed by atoms with E-state index >= 15 is 0 Å². The van der Waals surface area contributed by atoms with E-state index in [0.717, 1.165) is 24.4 Å². The van der Waals surface area contributed by atoms with Gasteiger partial charge in [0.15, 0.2) is 0 Å². The average molecular weight is 337 g/mol. The van der Waals surface area contributed by atoms with Crippen LogP contribution in [0.15, 0.2) is 24.3 Å². The van der Waals surface area contributed by atoms with E-state index in [-0.39, 0.29) is 17.4 Å². The maximum atomic E-state index is 12.4. The first-order chi connectivity index (χ1) is 11.2. The molecule has 1 unspecified atom stereocenters. The van der Waals surface area contributed by atoms with Crippen LogP contribution in [-0.4, -0.2) is 38.3 Å². The van der Waals surface area contributed by atoms with Gasteiger partial charge in [0.25, 0.3) is 0 Å². The van der Waals surface area contributed by atoms with Crippen LogP contribution < -0.4 is 10.6 Å². The van der Waals surface area contributed by atoms with Crippen LogP contribution in [0, 0.1) is 0 Å². The molecule has 0 spiro atoms. The summed E-state index contributed by atoms with van der Waals surface area (Å²) in [6.45, 7) is 2.69. The van der Waals surface area contributed by atoms with Crippen molar-refractivity contribution in [2.45, 2.75) is 43.6 Å². The van der Waals surface area contributed by atoms with Crippen molar-refractivity contribution in [1.82, 2.24) is 10.6 Å². The molecular formula is C18H25ClN2O2. The molecule has 0 aromatic heterocycles. The lowest BCUT2D eigenvalue weighted by Crippen LogP contribution is -2.51. The van der Waals surface area contributed by atoms with E-state index in [0.29, 0.717) is 19.7 Å². The summed E-state index contributed by atoms with van der Waals surface area (Å²) in [6.07, 6.45) is 5.55. The second-order valence-corrected chi connectivity index (χ2v) is 7.07. The van der Waals surface area contributed by atoms with Crippen molar-refractivity contribution < 1.29 is 9.53 Å². The summed E-state index contributed by atoms with van der Waals surface area (Å²) in [5.74, 6) is -0.00360. The minimum Gasteiger partial charge on any atom is -0.366 e. The number of halogens is 1. The Kier molecular flexibility index (Phi) is 5.57. The molecule has 2 fully saturated rings. The molecule has 3 rings (SSSR count). The average Bonchev–Trinajstić information content (AvgIpc) is 2.62. The number of rotatable bonds is 4. The highest BCUT2D eigenvalue weighted by atomic mass is 35.5. The van der Waals surface area contributed by atoms with Crippen LogP contribution in [0.4, 0.5) is 0 Å². The Labute approximate surface area is 142 Å². The highest BCUT2D eigenvalue weighted by molar-refractivity contribution is 6.30. The van der Waals surface area contributed by atoms with Gasteiger partial charge in [-0.15, -0.1) is 0 Å². The minimum absolute atomic E-state index is 0.00360. The van der Waals surface area contributed by atoms with Crippen LogP contribution in [0.5, 0.6) is 0 Å². The number of ether oxygens (including phenoxy) is 1. The minimum atomic E-state index is -0.366. The van der Waals surface area contributed by atoms with Crippen LogP contribution in [0.2, 0.25) is 5.02 Å². The highest BCUT2D eigenvalue weighted by Gasteiger charge is 2.35. The zero-order valence-electron chi connectivity index (χ0n) is 13.4. The van der Waals surface area contributed by atoms with E-state index in [9.17, 15) is 4.79 Å². The molecule has 2 N–H and O–H groups in total. The summed E-state index contributed by atoms with van der Waals surface area (Å²) in [5, 5.41) is 7.09.